The third kappa shape index (κ3) is 9.56. The summed E-state index contributed by atoms with van der Waals surface area (Å²) in [6, 6.07) is 16.7. The predicted molar refractivity (Wildman–Crippen MR) is 112 cm³/mol. The van der Waals surface area contributed by atoms with Crippen LogP contribution < -0.4 is 5.32 Å². The summed E-state index contributed by atoms with van der Waals surface area (Å²) >= 11 is 0. The van der Waals surface area contributed by atoms with Gasteiger partial charge < -0.3 is 25.0 Å². The number of carbonyl (C=O) groups is 1. The lowest BCUT2D eigenvalue weighted by Gasteiger charge is -2.21. The minimum atomic E-state index is -0.187. The molecular formula is C23H31NO5. The van der Waals surface area contributed by atoms with E-state index in [4.69, 9.17) is 14.6 Å². The minimum absolute atomic E-state index is 0.0224. The molecule has 2 aromatic carbocycles. The van der Waals surface area contributed by atoms with E-state index in [1.165, 1.54) is 0 Å². The molecule has 2 atom stereocenters. The van der Waals surface area contributed by atoms with Crippen molar-refractivity contribution in [2.75, 3.05) is 26.4 Å². The molecule has 6 heteroatoms. The number of hydrogen-bond donors (Lipinski definition) is 3. The van der Waals surface area contributed by atoms with Crippen LogP contribution >= 0.6 is 0 Å². The van der Waals surface area contributed by atoms with E-state index < -0.39 is 0 Å². The Morgan fingerprint density at radius 2 is 1.76 bits per heavy atom. The van der Waals surface area contributed by atoms with Crippen LogP contribution in [0.25, 0.3) is 0 Å². The van der Waals surface area contributed by atoms with Gasteiger partial charge in [-0.2, -0.15) is 0 Å². The average Bonchev–Trinajstić information content (AvgIpc) is 2.73. The van der Waals surface area contributed by atoms with Gasteiger partial charge in [0.1, 0.15) is 5.75 Å². The second kappa shape index (κ2) is 12.9. The maximum atomic E-state index is 12.5. The third-order valence-corrected chi connectivity index (χ3v) is 4.43. The molecule has 6 nitrogen and oxygen atoms in total. The van der Waals surface area contributed by atoms with Gasteiger partial charge in [0, 0.05) is 6.42 Å². The van der Waals surface area contributed by atoms with Crippen LogP contribution in [0.4, 0.5) is 0 Å². The molecular weight excluding hydrogens is 370 g/mol. The second-order valence-electron chi connectivity index (χ2n) is 7.06. The number of phenols is 1. The number of aromatic hydroxyl groups is 1. The zero-order valence-corrected chi connectivity index (χ0v) is 16.9. The van der Waals surface area contributed by atoms with Gasteiger partial charge in [-0.15, -0.1) is 0 Å². The fourth-order valence-electron chi connectivity index (χ4n) is 2.95. The molecule has 0 bridgehead atoms. The van der Waals surface area contributed by atoms with E-state index in [1.807, 2.05) is 49.4 Å². The van der Waals surface area contributed by atoms with Crippen LogP contribution in [0, 0.1) is 0 Å². The first-order chi connectivity index (χ1) is 14.1. The van der Waals surface area contributed by atoms with Gasteiger partial charge in [-0.1, -0.05) is 42.5 Å². The highest BCUT2D eigenvalue weighted by Gasteiger charge is 2.15. The van der Waals surface area contributed by atoms with Gasteiger partial charge in [-0.05, 0) is 43.0 Å². The maximum Gasteiger partial charge on any atom is 0.220 e. The number of benzene rings is 2. The number of amides is 1. The lowest BCUT2D eigenvalue weighted by Crippen LogP contribution is -2.40. The van der Waals surface area contributed by atoms with Gasteiger partial charge in [0.15, 0.2) is 0 Å². The van der Waals surface area contributed by atoms with Crippen molar-refractivity contribution in [1.82, 2.24) is 5.32 Å². The Kier molecular flexibility index (Phi) is 10.2. The number of aryl methyl sites for hydroxylation is 1. The van der Waals surface area contributed by atoms with Gasteiger partial charge in [-0.3, -0.25) is 4.79 Å². The van der Waals surface area contributed by atoms with Crippen LogP contribution in [0.5, 0.6) is 5.75 Å². The Morgan fingerprint density at radius 3 is 2.45 bits per heavy atom. The number of aliphatic hydroxyl groups is 1. The molecule has 0 saturated carbocycles. The van der Waals surface area contributed by atoms with Crippen LogP contribution in [0.2, 0.25) is 0 Å². The summed E-state index contributed by atoms with van der Waals surface area (Å²) in [4.78, 5) is 12.5. The second-order valence-corrected chi connectivity index (χ2v) is 7.06. The molecule has 0 unspecified atom stereocenters. The lowest BCUT2D eigenvalue weighted by molar-refractivity contribution is -0.122. The standard InChI is InChI=1S/C23H31NO5/c1-18(29-14-13-25)16-28-17-21(15-20-7-10-22(26)11-8-20)24-23(27)12-9-19-5-3-2-4-6-19/h2-8,10-11,18,21,25-26H,9,12-17H2,1H3,(H,24,27)/t18-,21-/m1/s1. The number of rotatable bonds is 13. The van der Waals surface area contributed by atoms with Crippen LogP contribution in [0.1, 0.15) is 24.5 Å². The Balaban J connectivity index is 1.86. The minimum Gasteiger partial charge on any atom is -0.508 e. The lowest BCUT2D eigenvalue weighted by atomic mass is 10.1. The molecule has 0 fully saturated rings. The quantitative estimate of drug-likeness (QED) is 0.480. The smallest absolute Gasteiger partial charge is 0.220 e. The SMILES string of the molecule is C[C@H](COC[C@@H](Cc1ccc(O)cc1)NC(=O)CCc1ccccc1)OCCO. The zero-order chi connectivity index (χ0) is 20.9. The molecule has 0 spiro atoms. The van der Waals surface area contributed by atoms with Gasteiger partial charge in [-0.25, -0.2) is 0 Å². The highest BCUT2D eigenvalue weighted by atomic mass is 16.5. The molecule has 0 radical (unpaired) electrons. The van der Waals surface area contributed by atoms with E-state index in [9.17, 15) is 9.90 Å². The number of nitrogens with one attached hydrogen (secondary N) is 1. The van der Waals surface area contributed by atoms with Crippen molar-refractivity contribution in [2.24, 2.45) is 0 Å². The molecule has 0 heterocycles. The van der Waals surface area contributed by atoms with Crippen molar-refractivity contribution in [1.29, 1.82) is 0 Å². The van der Waals surface area contributed by atoms with Crippen LogP contribution in [0.3, 0.4) is 0 Å². The first-order valence-corrected chi connectivity index (χ1v) is 9.98. The summed E-state index contributed by atoms with van der Waals surface area (Å²) in [5, 5.41) is 21.3. The summed E-state index contributed by atoms with van der Waals surface area (Å²) in [6.07, 6.45) is 1.56. The number of hydrogen-bond acceptors (Lipinski definition) is 5. The van der Waals surface area contributed by atoms with Crippen molar-refractivity contribution in [2.45, 2.75) is 38.3 Å². The summed E-state index contributed by atoms with van der Waals surface area (Å²) < 4.78 is 11.1. The van der Waals surface area contributed by atoms with Crippen molar-refractivity contribution in [3.63, 3.8) is 0 Å². The Morgan fingerprint density at radius 1 is 1.03 bits per heavy atom. The van der Waals surface area contributed by atoms with Gasteiger partial charge >= 0.3 is 0 Å². The average molecular weight is 402 g/mol. The summed E-state index contributed by atoms with van der Waals surface area (Å²) in [6.45, 7) is 2.86. The predicted octanol–water partition coefficient (Wildman–Crippen LogP) is 2.47. The number of aliphatic hydroxyl groups excluding tert-OH is 1. The molecule has 0 saturated heterocycles. The van der Waals surface area contributed by atoms with Crippen LogP contribution in [-0.2, 0) is 27.1 Å². The molecule has 3 N–H and O–H groups in total. The molecule has 158 valence electrons. The Labute approximate surface area is 172 Å². The Hall–Kier alpha value is -2.41. The van der Waals surface area contributed by atoms with Crippen molar-refractivity contribution in [3.8, 4) is 5.75 Å². The van der Waals surface area contributed by atoms with Crippen LogP contribution in [-0.4, -0.2) is 54.7 Å². The third-order valence-electron chi connectivity index (χ3n) is 4.43. The highest BCUT2D eigenvalue weighted by Crippen LogP contribution is 2.12. The van der Waals surface area contributed by atoms with Crippen molar-refractivity contribution < 1.29 is 24.5 Å². The van der Waals surface area contributed by atoms with Gasteiger partial charge in [0.05, 0.1) is 38.6 Å². The maximum absolute atomic E-state index is 12.5. The molecule has 0 aromatic heterocycles. The molecule has 0 aliphatic rings. The van der Waals surface area contributed by atoms with E-state index in [1.54, 1.807) is 12.1 Å². The van der Waals surface area contributed by atoms with Gasteiger partial charge in [0.2, 0.25) is 5.91 Å². The summed E-state index contributed by atoms with van der Waals surface area (Å²) in [5.74, 6) is 0.189. The summed E-state index contributed by atoms with van der Waals surface area (Å²) in [5.41, 5.74) is 2.13. The first-order valence-electron chi connectivity index (χ1n) is 9.98. The van der Waals surface area contributed by atoms with E-state index in [2.05, 4.69) is 5.32 Å². The fourth-order valence-corrected chi connectivity index (χ4v) is 2.95. The monoisotopic (exact) mass is 401 g/mol. The molecule has 2 aromatic rings. The van der Waals surface area contributed by atoms with Crippen molar-refractivity contribution >= 4 is 5.91 Å². The number of ether oxygens (including phenoxy) is 2. The summed E-state index contributed by atoms with van der Waals surface area (Å²) in [7, 11) is 0. The normalized spacial score (nSPS) is 13.0. The molecule has 0 aliphatic heterocycles. The number of phenolic OH excluding ortho intramolecular Hbond substituents is 1. The number of carbonyl (C=O) groups excluding carboxylic acids is 1. The largest absolute Gasteiger partial charge is 0.508 e. The topological polar surface area (TPSA) is 88.0 Å². The Bertz CT molecular complexity index is 705. The molecule has 0 aliphatic carbocycles. The highest BCUT2D eigenvalue weighted by molar-refractivity contribution is 5.76. The van der Waals surface area contributed by atoms with Crippen molar-refractivity contribution in [3.05, 3.63) is 65.7 Å². The van der Waals surface area contributed by atoms with Gasteiger partial charge in [0.25, 0.3) is 0 Å². The molecule has 2 rings (SSSR count). The zero-order valence-electron chi connectivity index (χ0n) is 16.9. The van der Waals surface area contributed by atoms with E-state index in [-0.39, 0.29) is 37.0 Å². The molecule has 1 amide bonds. The van der Waals surface area contributed by atoms with E-state index in [0.29, 0.717) is 32.5 Å². The molecule has 29 heavy (non-hydrogen) atoms. The van der Waals surface area contributed by atoms with Crippen LogP contribution in [0.15, 0.2) is 54.6 Å². The first kappa shape index (κ1) is 22.9. The van der Waals surface area contributed by atoms with E-state index in [0.717, 1.165) is 11.1 Å². The fraction of sp³-hybridized carbons (Fsp3) is 0.435. The van der Waals surface area contributed by atoms with E-state index >= 15 is 0 Å².